The normalized spacial score (nSPS) is 14.2. The van der Waals surface area contributed by atoms with Crippen LogP contribution in [0.15, 0.2) is 36.5 Å². The van der Waals surface area contributed by atoms with E-state index in [1.807, 2.05) is 29.2 Å². The number of nitrogens with zero attached hydrogens (tertiary/aromatic N) is 4. The quantitative estimate of drug-likeness (QED) is 0.326. The van der Waals surface area contributed by atoms with Crippen LogP contribution >= 0.6 is 23.1 Å². The Morgan fingerprint density at radius 3 is 2.65 bits per heavy atom. The van der Waals surface area contributed by atoms with Crippen LogP contribution in [0.5, 0.6) is 0 Å². The molecular weight excluding hydrogens is 516 g/mol. The van der Waals surface area contributed by atoms with E-state index in [4.69, 9.17) is 16.3 Å². The fraction of sp³-hybridized carbons (Fsp3) is 0.360. The zero-order chi connectivity index (χ0) is 26.7. The highest BCUT2D eigenvalue weighted by Gasteiger charge is 2.53. The van der Waals surface area contributed by atoms with Gasteiger partial charge in [-0.2, -0.15) is 9.36 Å². The van der Waals surface area contributed by atoms with Crippen LogP contribution < -0.4 is 15.5 Å². The summed E-state index contributed by atoms with van der Waals surface area (Å²) in [4.78, 5) is 48.7. The number of anilines is 2. The van der Waals surface area contributed by atoms with E-state index in [1.165, 1.54) is 19.3 Å². The molecule has 4 rings (SSSR count). The topological polar surface area (TPSA) is 126 Å². The summed E-state index contributed by atoms with van der Waals surface area (Å²) in [6, 6.07) is 9.24. The Balaban J connectivity index is 1.69. The smallest absolute Gasteiger partial charge is 0.377 e. The maximum atomic E-state index is 14.0. The molecule has 0 saturated carbocycles. The molecule has 1 saturated heterocycles. The molecule has 12 heteroatoms. The number of carbonyl (C=O) groups is 3. The van der Waals surface area contributed by atoms with Gasteiger partial charge in [0.05, 0.1) is 24.1 Å². The van der Waals surface area contributed by atoms with Crippen LogP contribution in [0.4, 0.5) is 10.8 Å². The van der Waals surface area contributed by atoms with Crippen molar-refractivity contribution < 1.29 is 19.1 Å². The number of pyridine rings is 1. The van der Waals surface area contributed by atoms with Gasteiger partial charge in [0.1, 0.15) is 10.6 Å². The van der Waals surface area contributed by atoms with E-state index in [0.29, 0.717) is 18.2 Å². The van der Waals surface area contributed by atoms with Gasteiger partial charge in [-0.3, -0.25) is 9.59 Å². The fourth-order valence-electron chi connectivity index (χ4n) is 4.33. The molecule has 2 amide bonds. The van der Waals surface area contributed by atoms with Crippen molar-refractivity contribution in [1.82, 2.24) is 19.7 Å². The molecule has 1 fully saturated rings. The van der Waals surface area contributed by atoms with Crippen LogP contribution in [0.3, 0.4) is 0 Å². The van der Waals surface area contributed by atoms with Crippen molar-refractivity contribution in [2.24, 2.45) is 0 Å². The summed E-state index contributed by atoms with van der Waals surface area (Å²) in [5.41, 5.74) is 1.45. The molecule has 0 unspecified atom stereocenters. The van der Waals surface area contributed by atoms with Crippen LogP contribution in [-0.2, 0) is 14.9 Å². The van der Waals surface area contributed by atoms with Crippen molar-refractivity contribution in [1.29, 1.82) is 0 Å². The molecule has 1 aliphatic heterocycles. The maximum Gasteiger partial charge on any atom is 0.377 e. The summed E-state index contributed by atoms with van der Waals surface area (Å²) in [6.07, 6.45) is 1.37. The molecule has 3 aromatic rings. The first-order chi connectivity index (χ1) is 17.7. The summed E-state index contributed by atoms with van der Waals surface area (Å²) in [5.74, 6) is -1.11. The molecule has 10 nitrogen and oxygen atoms in total. The van der Waals surface area contributed by atoms with Gasteiger partial charge in [0.25, 0.3) is 11.7 Å². The Labute approximate surface area is 223 Å². The van der Waals surface area contributed by atoms with Crippen molar-refractivity contribution in [3.8, 4) is 0 Å². The second-order valence-electron chi connectivity index (χ2n) is 8.89. The van der Waals surface area contributed by atoms with Crippen LogP contribution in [0.25, 0.3) is 0 Å². The number of nitrogens with one attached hydrogen (secondary N) is 2. The molecule has 1 aromatic carbocycles. The SMILES string of the molecule is CCOC(=O)c1nsc(N2CC(C(=O)Nc3cnc(Cl)cc3C(=O)NC)(c3ccccc3C(C)C)C2)n1. The monoisotopic (exact) mass is 542 g/mol. The van der Waals surface area contributed by atoms with E-state index < -0.39 is 17.3 Å². The summed E-state index contributed by atoms with van der Waals surface area (Å²) >= 11 is 7.09. The lowest BCUT2D eigenvalue weighted by atomic mass is 9.70. The highest BCUT2D eigenvalue weighted by molar-refractivity contribution is 7.09. The molecular formula is C25H27ClN6O4S. The average molecular weight is 543 g/mol. The van der Waals surface area contributed by atoms with Gasteiger partial charge in [0.15, 0.2) is 0 Å². The number of aromatic nitrogens is 3. The minimum Gasteiger partial charge on any atom is -0.460 e. The van der Waals surface area contributed by atoms with Gasteiger partial charge >= 0.3 is 5.97 Å². The summed E-state index contributed by atoms with van der Waals surface area (Å²) in [7, 11) is 1.50. The van der Waals surface area contributed by atoms with Crippen molar-refractivity contribution in [3.05, 3.63) is 64.2 Å². The molecule has 2 aromatic heterocycles. The number of amides is 2. The Morgan fingerprint density at radius 2 is 1.97 bits per heavy atom. The first-order valence-electron chi connectivity index (χ1n) is 11.7. The van der Waals surface area contributed by atoms with Gasteiger partial charge < -0.3 is 20.3 Å². The van der Waals surface area contributed by atoms with E-state index in [0.717, 1.165) is 22.7 Å². The number of carbonyl (C=O) groups excluding carboxylic acids is 3. The summed E-state index contributed by atoms with van der Waals surface area (Å²) < 4.78 is 9.10. The van der Waals surface area contributed by atoms with Gasteiger partial charge in [-0.25, -0.2) is 9.78 Å². The molecule has 1 aliphatic rings. The van der Waals surface area contributed by atoms with Crippen molar-refractivity contribution in [3.63, 3.8) is 0 Å². The van der Waals surface area contributed by atoms with E-state index in [9.17, 15) is 14.4 Å². The number of halogens is 1. The van der Waals surface area contributed by atoms with E-state index >= 15 is 0 Å². The van der Waals surface area contributed by atoms with Gasteiger partial charge in [-0.05, 0) is 30.0 Å². The van der Waals surface area contributed by atoms with Crippen molar-refractivity contribution in [2.45, 2.75) is 32.1 Å². The molecule has 194 valence electrons. The molecule has 0 atom stereocenters. The zero-order valence-electron chi connectivity index (χ0n) is 20.9. The molecule has 0 spiro atoms. The van der Waals surface area contributed by atoms with Crippen LogP contribution in [-0.4, -0.2) is 58.9 Å². The van der Waals surface area contributed by atoms with Gasteiger partial charge in [-0.1, -0.05) is 49.7 Å². The third-order valence-electron chi connectivity index (χ3n) is 6.19. The van der Waals surface area contributed by atoms with Crippen molar-refractivity contribution >= 4 is 51.7 Å². The Bertz CT molecular complexity index is 1340. The van der Waals surface area contributed by atoms with Gasteiger partial charge in [-0.15, -0.1) is 0 Å². The number of rotatable bonds is 8. The molecule has 0 bridgehead atoms. The minimum atomic E-state index is -0.948. The standard InChI is InChI=1S/C25H27ClN6O4S/c1-5-36-22(34)20-30-24(37-31-20)32-12-25(13-32,17-9-7-6-8-15(17)14(2)3)23(35)29-18-11-28-19(26)10-16(18)21(33)27-4/h6-11,14H,5,12-13H2,1-4H3,(H,27,33)(H,29,35). The van der Waals surface area contributed by atoms with Gasteiger partial charge in [0, 0.05) is 31.7 Å². The minimum absolute atomic E-state index is 0.00570. The third kappa shape index (κ3) is 5.14. The predicted octanol–water partition coefficient (Wildman–Crippen LogP) is 3.64. The summed E-state index contributed by atoms with van der Waals surface area (Å²) in [6.45, 7) is 6.69. The lowest BCUT2D eigenvalue weighted by molar-refractivity contribution is -0.122. The van der Waals surface area contributed by atoms with E-state index in [2.05, 4.69) is 38.8 Å². The maximum absolute atomic E-state index is 14.0. The fourth-order valence-corrected chi connectivity index (χ4v) is 5.14. The third-order valence-corrected chi connectivity index (χ3v) is 7.17. The van der Waals surface area contributed by atoms with Crippen molar-refractivity contribution in [2.75, 3.05) is 37.0 Å². The number of benzene rings is 1. The average Bonchev–Trinajstić information content (AvgIpc) is 3.34. The van der Waals surface area contributed by atoms with Crippen LogP contribution in [0.2, 0.25) is 5.15 Å². The number of hydrogen-bond acceptors (Lipinski definition) is 9. The Morgan fingerprint density at radius 1 is 1.24 bits per heavy atom. The second kappa shape index (κ2) is 10.8. The van der Waals surface area contributed by atoms with E-state index in [1.54, 1.807) is 6.92 Å². The molecule has 0 aliphatic carbocycles. The second-order valence-corrected chi connectivity index (χ2v) is 10.0. The first kappa shape index (κ1) is 26.5. The predicted molar refractivity (Wildman–Crippen MR) is 142 cm³/mol. The zero-order valence-corrected chi connectivity index (χ0v) is 22.4. The number of esters is 1. The molecule has 2 N–H and O–H groups in total. The van der Waals surface area contributed by atoms with Gasteiger partial charge in [0.2, 0.25) is 11.0 Å². The van der Waals surface area contributed by atoms with Crippen LogP contribution in [0.1, 0.15) is 58.8 Å². The lowest BCUT2D eigenvalue weighted by Gasteiger charge is -2.49. The van der Waals surface area contributed by atoms with E-state index in [-0.39, 0.29) is 40.7 Å². The largest absolute Gasteiger partial charge is 0.460 e. The number of ether oxygens (including phenoxy) is 1. The molecule has 0 radical (unpaired) electrons. The lowest BCUT2D eigenvalue weighted by Crippen LogP contribution is -2.65. The highest BCUT2D eigenvalue weighted by Crippen LogP contribution is 2.42. The Hall–Kier alpha value is -3.57. The first-order valence-corrected chi connectivity index (χ1v) is 12.9. The number of hydrogen-bond donors (Lipinski definition) is 2. The molecule has 37 heavy (non-hydrogen) atoms. The molecule has 3 heterocycles. The van der Waals surface area contributed by atoms with Crippen LogP contribution in [0, 0.1) is 0 Å². The Kier molecular flexibility index (Phi) is 7.74. The summed E-state index contributed by atoms with van der Waals surface area (Å²) in [5, 5.41) is 6.14. The highest BCUT2D eigenvalue weighted by atomic mass is 35.5.